The summed E-state index contributed by atoms with van der Waals surface area (Å²) < 4.78 is 32.7. The van der Waals surface area contributed by atoms with Gasteiger partial charge in [-0.3, -0.25) is 13.9 Å². The Bertz CT molecular complexity index is 1510. The first-order valence-electron chi connectivity index (χ1n) is 15.7. The molecule has 2 amide bonds. The van der Waals surface area contributed by atoms with Crippen molar-refractivity contribution in [3.63, 3.8) is 0 Å². The molecule has 10 heteroatoms. The SMILES string of the molecule is CCOc1ccccc1N(CCCC(=O)N(Cc1ccccc1Cl)[C@@H](Cc1ccccc1)C(=O)NC1CCCCC1)S(C)(=O)=O. The lowest BCUT2D eigenvalue weighted by atomic mass is 9.94. The third-order valence-corrected chi connectivity index (χ3v) is 9.66. The van der Waals surface area contributed by atoms with E-state index in [1.165, 1.54) is 4.31 Å². The van der Waals surface area contributed by atoms with Crippen molar-refractivity contribution in [2.45, 2.75) is 76.9 Å². The molecule has 0 unspecified atom stereocenters. The fourth-order valence-electron chi connectivity index (χ4n) is 5.83. The van der Waals surface area contributed by atoms with Gasteiger partial charge in [0.15, 0.2) is 0 Å². The Kier molecular flexibility index (Phi) is 12.7. The average molecular weight is 654 g/mol. The molecule has 1 atom stereocenters. The van der Waals surface area contributed by atoms with Crippen LogP contribution in [0.1, 0.15) is 63.0 Å². The smallest absolute Gasteiger partial charge is 0.243 e. The summed E-state index contributed by atoms with van der Waals surface area (Å²) in [5.74, 6) is 0.0233. The Morgan fingerprint density at radius 2 is 1.62 bits per heavy atom. The van der Waals surface area contributed by atoms with Gasteiger partial charge in [-0.1, -0.05) is 91.5 Å². The summed E-state index contributed by atoms with van der Waals surface area (Å²) in [4.78, 5) is 29.7. The Morgan fingerprint density at radius 3 is 2.31 bits per heavy atom. The van der Waals surface area contributed by atoms with E-state index in [-0.39, 0.29) is 43.8 Å². The molecule has 8 nitrogen and oxygen atoms in total. The molecule has 1 aliphatic carbocycles. The van der Waals surface area contributed by atoms with Crippen LogP contribution >= 0.6 is 11.6 Å². The molecule has 1 fully saturated rings. The predicted octanol–water partition coefficient (Wildman–Crippen LogP) is 6.37. The van der Waals surface area contributed by atoms with E-state index in [1.807, 2.05) is 55.5 Å². The highest BCUT2D eigenvalue weighted by molar-refractivity contribution is 7.92. The Balaban J connectivity index is 1.60. The van der Waals surface area contributed by atoms with Crippen molar-refractivity contribution < 1.29 is 22.7 Å². The molecular weight excluding hydrogens is 610 g/mol. The van der Waals surface area contributed by atoms with Crippen LogP contribution in [0.5, 0.6) is 5.75 Å². The number of sulfonamides is 1. The van der Waals surface area contributed by atoms with Gasteiger partial charge in [-0.25, -0.2) is 8.42 Å². The van der Waals surface area contributed by atoms with Crippen LogP contribution in [0.3, 0.4) is 0 Å². The van der Waals surface area contributed by atoms with Gasteiger partial charge in [0.1, 0.15) is 11.8 Å². The van der Waals surface area contributed by atoms with E-state index in [4.69, 9.17) is 16.3 Å². The van der Waals surface area contributed by atoms with E-state index in [9.17, 15) is 18.0 Å². The van der Waals surface area contributed by atoms with Gasteiger partial charge in [-0.05, 0) is 55.5 Å². The van der Waals surface area contributed by atoms with Crippen molar-refractivity contribution in [1.29, 1.82) is 0 Å². The van der Waals surface area contributed by atoms with Crippen molar-refractivity contribution >= 4 is 39.1 Å². The van der Waals surface area contributed by atoms with Crippen molar-refractivity contribution in [3.05, 3.63) is 95.0 Å². The monoisotopic (exact) mass is 653 g/mol. The molecule has 3 aromatic carbocycles. The molecule has 0 spiro atoms. The van der Waals surface area contributed by atoms with Crippen LogP contribution in [0.2, 0.25) is 5.02 Å². The summed E-state index contributed by atoms with van der Waals surface area (Å²) in [7, 11) is -3.67. The molecule has 4 rings (SSSR count). The number of para-hydroxylation sites is 2. The third kappa shape index (κ3) is 9.96. The molecule has 1 aliphatic rings. The summed E-state index contributed by atoms with van der Waals surface area (Å²) >= 11 is 6.55. The first-order valence-corrected chi connectivity index (χ1v) is 18.0. The van der Waals surface area contributed by atoms with Gasteiger partial charge in [0, 0.05) is 37.0 Å². The minimum atomic E-state index is -3.67. The van der Waals surface area contributed by atoms with Crippen LogP contribution in [-0.4, -0.2) is 56.6 Å². The molecule has 3 aromatic rings. The van der Waals surface area contributed by atoms with Crippen LogP contribution in [-0.2, 0) is 32.6 Å². The number of hydrogen-bond donors (Lipinski definition) is 1. The van der Waals surface area contributed by atoms with E-state index >= 15 is 0 Å². The lowest BCUT2D eigenvalue weighted by molar-refractivity contribution is -0.141. The topological polar surface area (TPSA) is 96.0 Å². The normalized spacial score (nSPS) is 14.4. The van der Waals surface area contributed by atoms with E-state index in [2.05, 4.69) is 5.32 Å². The lowest BCUT2D eigenvalue weighted by Gasteiger charge is -2.34. The van der Waals surface area contributed by atoms with Gasteiger partial charge >= 0.3 is 0 Å². The molecule has 0 aromatic heterocycles. The number of amides is 2. The molecular formula is C35H44ClN3O5S. The number of carbonyl (C=O) groups excluding carboxylic acids is 2. The number of benzene rings is 3. The fourth-order valence-corrected chi connectivity index (χ4v) is 7.00. The zero-order valence-electron chi connectivity index (χ0n) is 26.2. The molecule has 0 saturated heterocycles. The van der Waals surface area contributed by atoms with Gasteiger partial charge in [0.25, 0.3) is 0 Å². The zero-order valence-corrected chi connectivity index (χ0v) is 27.7. The predicted molar refractivity (Wildman–Crippen MR) is 180 cm³/mol. The molecule has 0 radical (unpaired) electrons. The highest BCUT2D eigenvalue weighted by Gasteiger charge is 2.32. The third-order valence-electron chi connectivity index (χ3n) is 8.11. The number of halogens is 1. The van der Waals surface area contributed by atoms with Crippen LogP contribution in [0.4, 0.5) is 5.69 Å². The van der Waals surface area contributed by atoms with Gasteiger partial charge < -0.3 is 15.0 Å². The molecule has 0 bridgehead atoms. The fraction of sp³-hybridized carbons (Fsp3) is 0.429. The highest BCUT2D eigenvalue weighted by Crippen LogP contribution is 2.30. The average Bonchev–Trinajstić information content (AvgIpc) is 3.03. The number of anilines is 1. The van der Waals surface area contributed by atoms with Crippen molar-refractivity contribution in [3.8, 4) is 5.75 Å². The van der Waals surface area contributed by atoms with Gasteiger partial charge in [0.05, 0.1) is 18.6 Å². The van der Waals surface area contributed by atoms with E-state index in [0.717, 1.165) is 49.5 Å². The second-order valence-electron chi connectivity index (χ2n) is 11.5. The van der Waals surface area contributed by atoms with Gasteiger partial charge in [0.2, 0.25) is 21.8 Å². The van der Waals surface area contributed by atoms with Crippen LogP contribution in [0.25, 0.3) is 0 Å². The van der Waals surface area contributed by atoms with Crippen molar-refractivity contribution in [2.75, 3.05) is 23.7 Å². The summed E-state index contributed by atoms with van der Waals surface area (Å²) in [6.45, 7) is 2.45. The minimum Gasteiger partial charge on any atom is -0.492 e. The van der Waals surface area contributed by atoms with Gasteiger partial charge in [-0.2, -0.15) is 0 Å². The van der Waals surface area contributed by atoms with Crippen molar-refractivity contribution in [2.24, 2.45) is 0 Å². The molecule has 1 N–H and O–H groups in total. The second-order valence-corrected chi connectivity index (χ2v) is 13.8. The van der Waals surface area contributed by atoms with E-state index in [1.54, 1.807) is 35.2 Å². The molecule has 0 heterocycles. The van der Waals surface area contributed by atoms with Crippen LogP contribution in [0, 0.1) is 0 Å². The summed E-state index contributed by atoms with van der Waals surface area (Å²) in [5.41, 5.74) is 2.10. The summed E-state index contributed by atoms with van der Waals surface area (Å²) in [6, 6.07) is 23.3. The Hall–Kier alpha value is -3.56. The van der Waals surface area contributed by atoms with Crippen molar-refractivity contribution in [1.82, 2.24) is 10.2 Å². The number of rotatable bonds is 15. The lowest BCUT2D eigenvalue weighted by Crippen LogP contribution is -2.53. The maximum Gasteiger partial charge on any atom is 0.243 e. The molecule has 1 saturated carbocycles. The number of nitrogens with one attached hydrogen (secondary N) is 1. The quantitative estimate of drug-likeness (QED) is 0.206. The number of hydrogen-bond acceptors (Lipinski definition) is 5. The molecule has 45 heavy (non-hydrogen) atoms. The van der Waals surface area contributed by atoms with E-state index in [0.29, 0.717) is 29.5 Å². The standard InChI is InChI=1S/C35H44ClN3O5S/c1-3-44-33-22-13-12-21-31(33)39(45(2,42)43)24-14-23-34(40)38(26-28-17-10-11-20-30(28)36)32(25-27-15-6-4-7-16-27)35(41)37-29-18-8-5-9-19-29/h4,6-7,10-13,15-17,20-22,29,32H,3,5,8-9,14,18-19,23-26H2,1-2H3,(H,37,41)/t32-/m0/s1. The zero-order chi connectivity index (χ0) is 32.2. The van der Waals surface area contributed by atoms with Crippen LogP contribution in [0.15, 0.2) is 78.9 Å². The van der Waals surface area contributed by atoms with Gasteiger partial charge in [-0.15, -0.1) is 0 Å². The van der Waals surface area contributed by atoms with E-state index < -0.39 is 16.1 Å². The summed E-state index contributed by atoms with van der Waals surface area (Å²) in [5, 5.41) is 3.75. The Morgan fingerprint density at radius 1 is 0.956 bits per heavy atom. The molecule has 242 valence electrons. The maximum atomic E-state index is 14.1. The number of nitrogens with zero attached hydrogens (tertiary/aromatic N) is 2. The Labute approximate surface area is 272 Å². The first kappa shape index (κ1) is 34.3. The number of ether oxygens (including phenoxy) is 1. The maximum absolute atomic E-state index is 14.1. The largest absolute Gasteiger partial charge is 0.492 e. The highest BCUT2D eigenvalue weighted by atomic mass is 35.5. The first-order chi connectivity index (χ1) is 21.7. The summed E-state index contributed by atoms with van der Waals surface area (Å²) in [6.07, 6.45) is 6.91. The van der Waals surface area contributed by atoms with Crippen LogP contribution < -0.4 is 14.4 Å². The number of carbonyl (C=O) groups is 2. The minimum absolute atomic E-state index is 0.0370. The second kappa shape index (κ2) is 16.7. The molecule has 0 aliphatic heterocycles.